The molecule has 5 rings (SSSR count). The fourth-order valence-electron chi connectivity index (χ4n) is 3.73. The number of para-hydroxylation sites is 2. The van der Waals surface area contributed by atoms with E-state index in [4.69, 9.17) is 10.8 Å². The number of benzene rings is 2. The highest BCUT2D eigenvalue weighted by atomic mass is 16.2. The molecule has 0 bridgehead atoms. The third-order valence-corrected chi connectivity index (χ3v) is 5.14. The van der Waals surface area contributed by atoms with Crippen LogP contribution in [-0.2, 0) is 12.8 Å². The van der Waals surface area contributed by atoms with Gasteiger partial charge in [0.25, 0.3) is 5.91 Å². The minimum absolute atomic E-state index is 0.312. The molecule has 0 saturated heterocycles. The van der Waals surface area contributed by atoms with E-state index in [0.29, 0.717) is 17.0 Å². The average Bonchev–Trinajstić information content (AvgIpc) is 3.36. The van der Waals surface area contributed by atoms with Gasteiger partial charge in [-0.05, 0) is 55.2 Å². The predicted molar refractivity (Wildman–Crippen MR) is 108 cm³/mol. The maximum atomic E-state index is 13.2. The molecule has 0 fully saturated rings. The summed E-state index contributed by atoms with van der Waals surface area (Å²) < 4.78 is 1.74. The van der Waals surface area contributed by atoms with Crippen molar-refractivity contribution in [3.05, 3.63) is 83.7 Å². The molecule has 0 unspecified atom stereocenters. The van der Waals surface area contributed by atoms with Gasteiger partial charge in [0.05, 0.1) is 16.8 Å². The number of rotatable bonds is 3. The highest BCUT2D eigenvalue weighted by molar-refractivity contribution is 6.11. The van der Waals surface area contributed by atoms with Crippen LogP contribution in [0.3, 0.4) is 0 Å². The van der Waals surface area contributed by atoms with E-state index in [0.717, 1.165) is 41.0 Å². The molecule has 6 heteroatoms. The summed E-state index contributed by atoms with van der Waals surface area (Å²) in [6.45, 7) is 0. The van der Waals surface area contributed by atoms with Gasteiger partial charge in [-0.15, -0.1) is 0 Å². The summed E-state index contributed by atoms with van der Waals surface area (Å²) >= 11 is 0. The molecule has 0 saturated carbocycles. The number of carbonyl (C=O) groups is 1. The van der Waals surface area contributed by atoms with Crippen LogP contribution in [0.25, 0.3) is 16.7 Å². The normalized spacial score (nSPS) is 12.9. The summed E-state index contributed by atoms with van der Waals surface area (Å²) in [5.74, 6) is 5.78. The Morgan fingerprint density at radius 3 is 2.46 bits per heavy atom. The van der Waals surface area contributed by atoms with Gasteiger partial charge in [-0.2, -0.15) is 5.10 Å². The third-order valence-electron chi connectivity index (χ3n) is 5.14. The number of nitrogens with zero attached hydrogens (tertiary/aromatic N) is 4. The molecule has 6 nitrogen and oxygen atoms in total. The molecule has 1 aliphatic carbocycles. The Morgan fingerprint density at radius 1 is 1.00 bits per heavy atom. The molecule has 1 aliphatic rings. The fourth-order valence-corrected chi connectivity index (χ4v) is 3.73. The second kappa shape index (κ2) is 6.58. The number of carbonyl (C=O) groups excluding carboxylic acids is 1. The van der Waals surface area contributed by atoms with Crippen LogP contribution in [0.4, 0.5) is 5.69 Å². The van der Waals surface area contributed by atoms with Gasteiger partial charge in [0.15, 0.2) is 11.3 Å². The van der Waals surface area contributed by atoms with E-state index in [1.54, 1.807) is 16.8 Å². The molecule has 28 heavy (non-hydrogen) atoms. The highest BCUT2D eigenvalue weighted by Gasteiger charge is 2.25. The lowest BCUT2D eigenvalue weighted by molar-refractivity contribution is 0.0983. The van der Waals surface area contributed by atoms with E-state index in [1.807, 2.05) is 48.5 Å². The van der Waals surface area contributed by atoms with Crippen LogP contribution >= 0.6 is 0 Å². The Kier molecular flexibility index (Phi) is 3.91. The Labute approximate surface area is 162 Å². The van der Waals surface area contributed by atoms with Crippen molar-refractivity contribution in [1.29, 1.82) is 0 Å². The van der Waals surface area contributed by atoms with Gasteiger partial charge in [0, 0.05) is 5.69 Å². The van der Waals surface area contributed by atoms with E-state index >= 15 is 0 Å². The second-order valence-corrected chi connectivity index (χ2v) is 6.93. The highest BCUT2D eigenvalue weighted by Crippen LogP contribution is 2.29. The lowest BCUT2D eigenvalue weighted by Gasteiger charge is -2.15. The Bertz CT molecular complexity index is 1170. The standard InChI is InChI=1S/C22H19N5O/c23-26(16-9-3-1-4-10-16)22(28)20-18-14-15-8-7-13-19(15)24-21(18)27(25-20)17-11-5-2-6-12-17/h1-6,9-12,14H,7-8,13,23H2. The summed E-state index contributed by atoms with van der Waals surface area (Å²) in [7, 11) is 0. The molecular weight excluding hydrogens is 350 g/mol. The largest absolute Gasteiger partial charge is 0.293 e. The summed E-state index contributed by atoms with van der Waals surface area (Å²) in [4.78, 5) is 18.1. The van der Waals surface area contributed by atoms with Gasteiger partial charge in [-0.25, -0.2) is 20.5 Å². The van der Waals surface area contributed by atoms with Gasteiger partial charge >= 0.3 is 0 Å². The number of amides is 1. The van der Waals surface area contributed by atoms with E-state index in [9.17, 15) is 4.79 Å². The number of fused-ring (bicyclic) bond motifs is 2. The van der Waals surface area contributed by atoms with Crippen LogP contribution in [0.1, 0.15) is 28.2 Å². The topological polar surface area (TPSA) is 77.0 Å². The van der Waals surface area contributed by atoms with Crippen molar-refractivity contribution in [2.45, 2.75) is 19.3 Å². The monoisotopic (exact) mass is 369 g/mol. The van der Waals surface area contributed by atoms with Crippen LogP contribution in [0.2, 0.25) is 0 Å². The van der Waals surface area contributed by atoms with E-state index in [1.165, 1.54) is 5.56 Å². The number of anilines is 1. The Morgan fingerprint density at radius 2 is 1.71 bits per heavy atom. The van der Waals surface area contributed by atoms with Crippen molar-refractivity contribution in [1.82, 2.24) is 14.8 Å². The predicted octanol–water partition coefficient (Wildman–Crippen LogP) is 3.43. The van der Waals surface area contributed by atoms with Crippen LogP contribution in [-0.4, -0.2) is 20.7 Å². The van der Waals surface area contributed by atoms with Crippen LogP contribution in [0, 0.1) is 0 Å². The van der Waals surface area contributed by atoms with Crippen molar-refractivity contribution in [2.24, 2.45) is 5.84 Å². The minimum Gasteiger partial charge on any atom is -0.265 e. The van der Waals surface area contributed by atoms with Gasteiger partial charge < -0.3 is 0 Å². The number of aryl methyl sites for hydroxylation is 2. The first-order valence-electron chi connectivity index (χ1n) is 9.33. The molecule has 0 radical (unpaired) electrons. The molecule has 1 amide bonds. The first-order chi connectivity index (χ1) is 13.7. The summed E-state index contributed by atoms with van der Waals surface area (Å²) in [6.07, 6.45) is 3.03. The summed E-state index contributed by atoms with van der Waals surface area (Å²) in [5, 5.41) is 6.51. The van der Waals surface area contributed by atoms with E-state index in [2.05, 4.69) is 11.2 Å². The third kappa shape index (κ3) is 2.66. The summed E-state index contributed by atoms with van der Waals surface area (Å²) in [5.41, 5.74) is 4.77. The minimum atomic E-state index is -0.356. The fraction of sp³-hybridized carbons (Fsp3) is 0.136. The molecule has 0 aliphatic heterocycles. The van der Waals surface area contributed by atoms with Gasteiger partial charge in [0.2, 0.25) is 0 Å². The molecule has 2 heterocycles. The van der Waals surface area contributed by atoms with Crippen molar-refractivity contribution in [2.75, 3.05) is 5.01 Å². The Balaban J connectivity index is 1.69. The number of hydrogen-bond donors (Lipinski definition) is 1. The van der Waals surface area contributed by atoms with E-state index < -0.39 is 0 Å². The van der Waals surface area contributed by atoms with Crippen LogP contribution in [0.5, 0.6) is 0 Å². The Hall–Kier alpha value is -3.51. The molecule has 2 aromatic heterocycles. The number of pyridine rings is 1. The van der Waals surface area contributed by atoms with Crippen molar-refractivity contribution < 1.29 is 4.79 Å². The van der Waals surface area contributed by atoms with Gasteiger partial charge in [-0.1, -0.05) is 36.4 Å². The maximum Gasteiger partial charge on any atom is 0.293 e. The van der Waals surface area contributed by atoms with E-state index in [-0.39, 0.29) is 5.91 Å². The molecule has 2 N–H and O–H groups in total. The molecule has 138 valence electrons. The number of aromatic nitrogens is 3. The zero-order chi connectivity index (χ0) is 19.1. The summed E-state index contributed by atoms with van der Waals surface area (Å²) in [6, 6.07) is 21.0. The number of nitrogens with two attached hydrogens (primary N) is 1. The average molecular weight is 369 g/mol. The number of hydrazine groups is 1. The zero-order valence-corrected chi connectivity index (χ0v) is 15.2. The SMILES string of the molecule is NN(C(=O)c1nn(-c2ccccc2)c2nc3c(cc12)CCC3)c1ccccc1. The van der Waals surface area contributed by atoms with Crippen molar-refractivity contribution in [3.63, 3.8) is 0 Å². The second-order valence-electron chi connectivity index (χ2n) is 6.93. The lowest BCUT2D eigenvalue weighted by atomic mass is 10.1. The molecule has 4 aromatic rings. The molecule has 0 spiro atoms. The molecule has 0 atom stereocenters. The first-order valence-corrected chi connectivity index (χ1v) is 9.33. The quantitative estimate of drug-likeness (QED) is 0.341. The molecular formula is C22H19N5O. The maximum absolute atomic E-state index is 13.2. The lowest BCUT2D eigenvalue weighted by Crippen LogP contribution is -2.37. The molecule has 2 aromatic carbocycles. The van der Waals surface area contributed by atoms with Crippen LogP contribution < -0.4 is 10.9 Å². The van der Waals surface area contributed by atoms with Crippen molar-refractivity contribution in [3.8, 4) is 5.69 Å². The first kappa shape index (κ1) is 16.6. The smallest absolute Gasteiger partial charge is 0.265 e. The van der Waals surface area contributed by atoms with Crippen LogP contribution in [0.15, 0.2) is 66.7 Å². The number of hydrogen-bond acceptors (Lipinski definition) is 4. The zero-order valence-electron chi connectivity index (χ0n) is 15.2. The van der Waals surface area contributed by atoms with Crippen molar-refractivity contribution >= 4 is 22.6 Å². The van der Waals surface area contributed by atoms with Gasteiger partial charge in [0.1, 0.15) is 0 Å². The van der Waals surface area contributed by atoms with Gasteiger partial charge in [-0.3, -0.25) is 4.79 Å².